The molecule has 19 heavy (non-hydrogen) atoms. The number of nitrogens with zero attached hydrogens (tertiary/aromatic N) is 5. The van der Waals surface area contributed by atoms with Crippen LogP contribution in [0, 0.1) is 11.3 Å². The molecule has 7 nitrogen and oxygen atoms in total. The molecule has 1 saturated heterocycles. The van der Waals surface area contributed by atoms with Crippen molar-refractivity contribution in [2.45, 2.75) is 12.6 Å². The summed E-state index contributed by atoms with van der Waals surface area (Å²) in [6.07, 6.45) is 0. The van der Waals surface area contributed by atoms with E-state index in [1.54, 1.807) is 5.51 Å². The van der Waals surface area contributed by atoms with Crippen LogP contribution in [0.2, 0.25) is 0 Å². The lowest BCUT2D eigenvalue weighted by Crippen LogP contribution is -2.50. The lowest BCUT2D eigenvalue weighted by Gasteiger charge is -2.31. The predicted octanol–water partition coefficient (Wildman–Crippen LogP) is -0.552. The molecule has 0 aliphatic carbocycles. The minimum Gasteiger partial charge on any atom is -0.313 e. The summed E-state index contributed by atoms with van der Waals surface area (Å²) >= 11 is 1.33. The number of aromatic nitrogens is 3. The fourth-order valence-corrected chi connectivity index (χ4v) is 2.80. The molecule has 0 bridgehead atoms. The Kier molecular flexibility index (Phi) is 3.25. The largest absolute Gasteiger partial charge is 0.313 e. The van der Waals surface area contributed by atoms with Crippen molar-refractivity contribution in [1.82, 2.24) is 24.8 Å². The molecule has 0 spiro atoms. The summed E-state index contributed by atoms with van der Waals surface area (Å²) in [5.41, 5.74) is 2.11. The van der Waals surface area contributed by atoms with E-state index in [2.05, 4.69) is 21.5 Å². The lowest BCUT2D eigenvalue weighted by molar-refractivity contribution is 0.187. The lowest BCUT2D eigenvalue weighted by atomic mass is 10.2. The Labute approximate surface area is 113 Å². The molecule has 1 unspecified atom stereocenters. The van der Waals surface area contributed by atoms with Gasteiger partial charge in [0.1, 0.15) is 11.6 Å². The summed E-state index contributed by atoms with van der Waals surface area (Å²) < 4.78 is 1.29. The maximum absolute atomic E-state index is 11.8. The van der Waals surface area contributed by atoms with Crippen molar-refractivity contribution in [2.24, 2.45) is 0 Å². The van der Waals surface area contributed by atoms with Gasteiger partial charge >= 0.3 is 0 Å². The number of hydrogen-bond donors (Lipinski definition) is 1. The van der Waals surface area contributed by atoms with Gasteiger partial charge in [0.25, 0.3) is 5.56 Å². The first-order chi connectivity index (χ1) is 9.28. The third kappa shape index (κ3) is 2.35. The monoisotopic (exact) mass is 276 g/mol. The van der Waals surface area contributed by atoms with Crippen LogP contribution in [-0.4, -0.2) is 45.2 Å². The van der Waals surface area contributed by atoms with E-state index in [1.807, 2.05) is 4.90 Å². The van der Waals surface area contributed by atoms with Crippen molar-refractivity contribution in [3.8, 4) is 6.07 Å². The van der Waals surface area contributed by atoms with E-state index in [0.717, 1.165) is 13.1 Å². The molecule has 0 aromatic carbocycles. The Morgan fingerprint density at radius 2 is 2.53 bits per heavy atom. The zero-order valence-electron chi connectivity index (χ0n) is 10.1. The molecular weight excluding hydrogens is 264 g/mol. The normalized spacial score (nSPS) is 20.5. The number of rotatable bonds is 2. The van der Waals surface area contributed by atoms with Crippen molar-refractivity contribution in [3.63, 3.8) is 0 Å². The van der Waals surface area contributed by atoms with Crippen molar-refractivity contribution in [1.29, 1.82) is 5.26 Å². The molecule has 1 fully saturated rings. The molecule has 8 heteroatoms. The molecule has 2 aromatic heterocycles. The standard InChI is InChI=1S/C11H12N6OS/c12-4-9-5-13-1-2-16(9)6-8-3-10(18)17-11(15-8)19-7-14-17/h3,7,9,13H,1-2,5-6H2. The highest BCUT2D eigenvalue weighted by Gasteiger charge is 2.22. The molecule has 2 aromatic rings. The van der Waals surface area contributed by atoms with E-state index in [0.29, 0.717) is 23.7 Å². The summed E-state index contributed by atoms with van der Waals surface area (Å²) in [4.78, 5) is 18.9. The number of piperazine rings is 1. The molecule has 0 amide bonds. The fraction of sp³-hybridized carbons (Fsp3) is 0.455. The van der Waals surface area contributed by atoms with E-state index in [1.165, 1.54) is 21.9 Å². The number of nitrogens with one attached hydrogen (secondary N) is 1. The van der Waals surface area contributed by atoms with Gasteiger partial charge in [0, 0.05) is 32.2 Å². The first-order valence-corrected chi connectivity index (χ1v) is 6.83. The van der Waals surface area contributed by atoms with Crippen LogP contribution in [0.15, 0.2) is 16.4 Å². The molecule has 0 saturated carbocycles. The summed E-state index contributed by atoms with van der Waals surface area (Å²) in [5.74, 6) is 0. The molecular formula is C11H12N6OS. The van der Waals surface area contributed by atoms with Crippen molar-refractivity contribution in [3.05, 3.63) is 27.6 Å². The quantitative estimate of drug-likeness (QED) is 0.792. The molecule has 98 valence electrons. The van der Waals surface area contributed by atoms with Gasteiger partial charge in [0.2, 0.25) is 4.96 Å². The summed E-state index contributed by atoms with van der Waals surface area (Å²) in [5, 5.41) is 16.2. The van der Waals surface area contributed by atoms with Gasteiger partial charge in [-0.1, -0.05) is 11.3 Å². The predicted molar refractivity (Wildman–Crippen MR) is 69.8 cm³/mol. The first kappa shape index (κ1) is 12.2. The van der Waals surface area contributed by atoms with E-state index >= 15 is 0 Å². The van der Waals surface area contributed by atoms with Crippen LogP contribution in [0.3, 0.4) is 0 Å². The van der Waals surface area contributed by atoms with Gasteiger partial charge < -0.3 is 5.32 Å². The zero-order chi connectivity index (χ0) is 13.2. The van der Waals surface area contributed by atoms with Gasteiger partial charge in [-0.05, 0) is 0 Å². The van der Waals surface area contributed by atoms with E-state index in [4.69, 9.17) is 5.26 Å². The van der Waals surface area contributed by atoms with E-state index < -0.39 is 0 Å². The highest BCUT2D eigenvalue weighted by Crippen LogP contribution is 2.09. The minimum absolute atomic E-state index is 0.171. The average molecular weight is 276 g/mol. The second-order valence-corrected chi connectivity index (χ2v) is 5.15. The van der Waals surface area contributed by atoms with E-state index in [9.17, 15) is 4.79 Å². The highest BCUT2D eigenvalue weighted by molar-refractivity contribution is 7.14. The number of nitriles is 1. The Morgan fingerprint density at radius 3 is 3.37 bits per heavy atom. The van der Waals surface area contributed by atoms with E-state index in [-0.39, 0.29) is 11.6 Å². The van der Waals surface area contributed by atoms with Gasteiger partial charge in [-0.15, -0.1) is 0 Å². The summed E-state index contributed by atoms with van der Waals surface area (Å²) in [7, 11) is 0. The van der Waals surface area contributed by atoms with Crippen molar-refractivity contribution < 1.29 is 0 Å². The van der Waals surface area contributed by atoms with Gasteiger partial charge in [-0.25, -0.2) is 4.98 Å². The van der Waals surface area contributed by atoms with Crippen LogP contribution in [-0.2, 0) is 6.54 Å². The molecule has 3 rings (SSSR count). The first-order valence-electron chi connectivity index (χ1n) is 5.95. The van der Waals surface area contributed by atoms with Crippen molar-refractivity contribution in [2.75, 3.05) is 19.6 Å². The second kappa shape index (κ2) is 5.05. The van der Waals surface area contributed by atoms with Crippen LogP contribution in [0.1, 0.15) is 5.69 Å². The van der Waals surface area contributed by atoms with Crippen LogP contribution in [0.4, 0.5) is 0 Å². The summed E-state index contributed by atoms with van der Waals surface area (Å²) in [6.45, 7) is 2.80. The van der Waals surface area contributed by atoms with Gasteiger partial charge in [0.05, 0.1) is 11.8 Å². The van der Waals surface area contributed by atoms with Gasteiger partial charge in [-0.2, -0.15) is 14.9 Å². The smallest absolute Gasteiger partial charge is 0.275 e. The summed E-state index contributed by atoms with van der Waals surface area (Å²) in [6, 6.07) is 3.58. The Morgan fingerprint density at radius 1 is 1.63 bits per heavy atom. The Bertz CT molecular complexity index is 686. The average Bonchev–Trinajstić information content (AvgIpc) is 2.88. The molecule has 1 aliphatic rings. The van der Waals surface area contributed by atoms with Crippen LogP contribution < -0.4 is 10.9 Å². The maximum atomic E-state index is 11.8. The Hall–Kier alpha value is -1.82. The van der Waals surface area contributed by atoms with Crippen LogP contribution in [0.5, 0.6) is 0 Å². The fourth-order valence-electron chi connectivity index (χ4n) is 2.15. The minimum atomic E-state index is -0.176. The number of fused-ring (bicyclic) bond motifs is 1. The van der Waals surface area contributed by atoms with Crippen LogP contribution in [0.25, 0.3) is 4.96 Å². The second-order valence-electron chi connectivity index (χ2n) is 4.34. The SMILES string of the molecule is N#CC1CNCCN1Cc1cc(=O)n2ncsc2n1. The third-order valence-corrected chi connectivity index (χ3v) is 3.78. The molecule has 1 atom stereocenters. The van der Waals surface area contributed by atoms with Crippen molar-refractivity contribution >= 4 is 16.3 Å². The molecule has 1 aliphatic heterocycles. The Balaban J connectivity index is 1.88. The van der Waals surface area contributed by atoms with Gasteiger partial charge in [-0.3, -0.25) is 9.69 Å². The zero-order valence-corrected chi connectivity index (χ0v) is 10.9. The molecule has 3 heterocycles. The molecule has 1 N–H and O–H groups in total. The van der Waals surface area contributed by atoms with Gasteiger partial charge in [0.15, 0.2) is 0 Å². The third-order valence-electron chi connectivity index (χ3n) is 3.11. The van der Waals surface area contributed by atoms with Crippen LogP contribution >= 0.6 is 11.3 Å². The highest BCUT2D eigenvalue weighted by atomic mass is 32.1. The number of hydrogen-bond acceptors (Lipinski definition) is 7. The molecule has 0 radical (unpaired) electrons. The maximum Gasteiger partial charge on any atom is 0.275 e. The topological polar surface area (TPSA) is 86.3 Å².